The fraction of sp³-hybridized carbons (Fsp3) is 0.120. The van der Waals surface area contributed by atoms with Crippen LogP contribution in [0.3, 0.4) is 0 Å². The first-order chi connectivity index (χ1) is 15.7. The van der Waals surface area contributed by atoms with E-state index in [4.69, 9.17) is 4.74 Å². The van der Waals surface area contributed by atoms with Crippen molar-refractivity contribution in [2.45, 2.75) is 22.8 Å². The number of benzene rings is 3. The fourth-order valence-electron chi connectivity index (χ4n) is 3.22. The minimum absolute atomic E-state index is 0.0224. The van der Waals surface area contributed by atoms with E-state index >= 15 is 0 Å². The molecular weight excluding hydrogens is 458 g/mol. The Kier molecular flexibility index (Phi) is 7.53. The molecule has 33 heavy (non-hydrogen) atoms. The first kappa shape index (κ1) is 24.4. The maximum Gasteiger partial charge on any atom is 0.241 e. The van der Waals surface area contributed by atoms with Gasteiger partial charge in [0.05, 0.1) is 27.8 Å². The number of ether oxygens (including phenoxy) is 1. The Balaban J connectivity index is 2.17. The van der Waals surface area contributed by atoms with Gasteiger partial charge in [-0.25, -0.2) is 16.8 Å². The zero-order chi connectivity index (χ0) is 24.1. The van der Waals surface area contributed by atoms with Crippen molar-refractivity contribution in [1.29, 1.82) is 0 Å². The van der Waals surface area contributed by atoms with E-state index in [9.17, 15) is 16.8 Å². The molecule has 0 amide bonds. The minimum atomic E-state index is -4.07. The SMILES string of the molecule is C=C/C=C(\C(NS(=O)(=O)c1ccccc1)c1ccc(OC)cc1)S(=O)(=O)c1ccc(C)cc1. The van der Waals surface area contributed by atoms with Gasteiger partial charge in [0.1, 0.15) is 5.75 Å². The van der Waals surface area contributed by atoms with E-state index in [0.29, 0.717) is 11.3 Å². The molecule has 1 unspecified atom stereocenters. The zero-order valence-electron chi connectivity index (χ0n) is 18.3. The van der Waals surface area contributed by atoms with Crippen molar-refractivity contribution >= 4 is 19.9 Å². The number of methoxy groups -OCH3 is 1. The third kappa shape index (κ3) is 5.60. The van der Waals surface area contributed by atoms with Crippen molar-refractivity contribution in [3.8, 4) is 5.75 Å². The van der Waals surface area contributed by atoms with Gasteiger partial charge in [-0.15, -0.1) is 0 Å². The van der Waals surface area contributed by atoms with Crippen molar-refractivity contribution < 1.29 is 21.6 Å². The van der Waals surface area contributed by atoms with Crippen LogP contribution in [0.2, 0.25) is 0 Å². The van der Waals surface area contributed by atoms with Crippen molar-refractivity contribution in [3.63, 3.8) is 0 Å². The average Bonchev–Trinajstić information content (AvgIpc) is 2.82. The number of allylic oxidation sites excluding steroid dienone is 2. The number of hydrogen-bond donors (Lipinski definition) is 1. The summed E-state index contributed by atoms with van der Waals surface area (Å²) >= 11 is 0. The molecule has 8 heteroatoms. The lowest BCUT2D eigenvalue weighted by Gasteiger charge is -2.23. The van der Waals surface area contributed by atoms with Crippen LogP contribution in [0.1, 0.15) is 17.2 Å². The highest BCUT2D eigenvalue weighted by Crippen LogP contribution is 2.33. The second-order valence-corrected chi connectivity index (χ2v) is 10.9. The van der Waals surface area contributed by atoms with E-state index in [0.717, 1.165) is 5.56 Å². The number of sulfone groups is 1. The first-order valence-electron chi connectivity index (χ1n) is 10.0. The number of hydrogen-bond acceptors (Lipinski definition) is 5. The maximum absolute atomic E-state index is 13.6. The van der Waals surface area contributed by atoms with E-state index in [1.54, 1.807) is 54.6 Å². The summed E-state index contributed by atoms with van der Waals surface area (Å²) in [5, 5.41) is 0. The molecule has 0 aliphatic rings. The van der Waals surface area contributed by atoms with E-state index in [1.807, 2.05) is 6.92 Å². The van der Waals surface area contributed by atoms with Crippen LogP contribution in [-0.2, 0) is 19.9 Å². The Hall–Kier alpha value is -3.20. The van der Waals surface area contributed by atoms with E-state index < -0.39 is 25.9 Å². The van der Waals surface area contributed by atoms with Gasteiger partial charge in [-0.3, -0.25) is 0 Å². The number of sulfonamides is 1. The van der Waals surface area contributed by atoms with Crippen molar-refractivity contribution in [2.24, 2.45) is 0 Å². The number of rotatable bonds is 9. The molecule has 172 valence electrons. The molecule has 0 heterocycles. The van der Waals surface area contributed by atoms with Gasteiger partial charge < -0.3 is 4.74 Å². The van der Waals surface area contributed by atoms with Crippen LogP contribution in [0.4, 0.5) is 0 Å². The standard InChI is InChI=1S/C25H25NO5S2/c1-4-8-24(32(27,28)22-17-11-19(2)12-18-22)25(20-13-15-21(31-3)16-14-20)26-33(29,30)23-9-6-5-7-10-23/h4-18,25-26H,1H2,2-3H3/b24-8+. The highest BCUT2D eigenvalue weighted by atomic mass is 32.2. The summed E-state index contributed by atoms with van der Waals surface area (Å²) in [5.74, 6) is 0.555. The molecule has 6 nitrogen and oxygen atoms in total. The van der Waals surface area contributed by atoms with Crippen LogP contribution in [0.15, 0.2) is 112 Å². The fourth-order valence-corrected chi connectivity index (χ4v) is 6.07. The number of aryl methyl sites for hydroxylation is 1. The molecule has 0 radical (unpaired) electrons. The highest BCUT2D eigenvalue weighted by Gasteiger charge is 2.32. The van der Waals surface area contributed by atoms with Crippen LogP contribution in [0.5, 0.6) is 5.75 Å². The van der Waals surface area contributed by atoms with Gasteiger partial charge >= 0.3 is 0 Å². The molecule has 3 aromatic rings. The summed E-state index contributed by atoms with van der Waals surface area (Å²) in [4.78, 5) is -0.0705. The highest BCUT2D eigenvalue weighted by molar-refractivity contribution is 7.95. The summed E-state index contributed by atoms with van der Waals surface area (Å²) in [7, 11) is -6.61. The lowest BCUT2D eigenvalue weighted by Crippen LogP contribution is -2.32. The molecule has 0 aliphatic heterocycles. The second kappa shape index (κ2) is 10.2. The van der Waals surface area contributed by atoms with Gasteiger partial charge in [-0.1, -0.05) is 60.7 Å². The quantitative estimate of drug-likeness (QED) is 0.451. The molecule has 3 rings (SSSR count). The smallest absolute Gasteiger partial charge is 0.241 e. The number of nitrogens with one attached hydrogen (secondary N) is 1. The molecule has 0 saturated heterocycles. The van der Waals surface area contributed by atoms with E-state index in [2.05, 4.69) is 11.3 Å². The van der Waals surface area contributed by atoms with Gasteiger partial charge in [0.2, 0.25) is 19.9 Å². The lowest BCUT2D eigenvalue weighted by molar-refractivity contribution is 0.414. The summed E-state index contributed by atoms with van der Waals surface area (Å²) in [6, 6.07) is 19.5. The summed E-state index contributed by atoms with van der Waals surface area (Å²) < 4.78 is 61.3. The van der Waals surface area contributed by atoms with E-state index in [-0.39, 0.29) is 14.7 Å². The van der Waals surface area contributed by atoms with Crippen LogP contribution < -0.4 is 9.46 Å². The Bertz CT molecular complexity index is 1340. The van der Waals surface area contributed by atoms with Crippen LogP contribution in [0, 0.1) is 6.92 Å². The Labute approximate surface area is 195 Å². The van der Waals surface area contributed by atoms with Gasteiger partial charge in [-0.05, 0) is 55.0 Å². The normalized spacial score (nSPS) is 13.3. The van der Waals surface area contributed by atoms with Crippen molar-refractivity contribution in [3.05, 3.63) is 114 Å². The molecule has 0 bridgehead atoms. The van der Waals surface area contributed by atoms with Crippen LogP contribution >= 0.6 is 0 Å². The molecule has 0 aliphatic carbocycles. The van der Waals surface area contributed by atoms with Gasteiger partial charge in [0.15, 0.2) is 0 Å². The van der Waals surface area contributed by atoms with Crippen LogP contribution in [-0.4, -0.2) is 23.9 Å². The topological polar surface area (TPSA) is 89.5 Å². The Morgan fingerprint density at radius 2 is 1.48 bits per heavy atom. The Morgan fingerprint density at radius 1 is 0.879 bits per heavy atom. The molecule has 0 aromatic heterocycles. The molecule has 0 saturated carbocycles. The third-order valence-corrected chi connectivity index (χ3v) is 8.31. The molecule has 0 fully saturated rings. The molecule has 3 aromatic carbocycles. The van der Waals surface area contributed by atoms with Crippen LogP contribution in [0.25, 0.3) is 0 Å². The first-order valence-corrected chi connectivity index (χ1v) is 13.0. The van der Waals surface area contributed by atoms with Gasteiger partial charge in [0, 0.05) is 0 Å². The van der Waals surface area contributed by atoms with Crippen molar-refractivity contribution in [2.75, 3.05) is 7.11 Å². The molecule has 0 spiro atoms. The minimum Gasteiger partial charge on any atom is -0.497 e. The predicted molar refractivity (Wildman–Crippen MR) is 129 cm³/mol. The third-order valence-electron chi connectivity index (χ3n) is 4.98. The summed E-state index contributed by atoms with van der Waals surface area (Å²) in [5.41, 5.74) is 1.33. The molecular formula is C25H25NO5S2. The monoisotopic (exact) mass is 483 g/mol. The second-order valence-electron chi connectivity index (χ2n) is 7.26. The summed E-state index contributed by atoms with van der Waals surface area (Å²) in [6.07, 6.45) is 2.64. The van der Waals surface area contributed by atoms with Gasteiger partial charge in [0.25, 0.3) is 0 Å². The Morgan fingerprint density at radius 3 is 2.03 bits per heavy atom. The predicted octanol–water partition coefficient (Wildman–Crippen LogP) is 4.57. The van der Waals surface area contributed by atoms with E-state index in [1.165, 1.54) is 43.5 Å². The summed E-state index contributed by atoms with van der Waals surface area (Å²) in [6.45, 7) is 5.49. The zero-order valence-corrected chi connectivity index (χ0v) is 19.9. The average molecular weight is 484 g/mol. The maximum atomic E-state index is 13.6. The lowest BCUT2D eigenvalue weighted by atomic mass is 10.1. The van der Waals surface area contributed by atoms with Gasteiger partial charge in [-0.2, -0.15) is 4.72 Å². The van der Waals surface area contributed by atoms with Crippen molar-refractivity contribution in [1.82, 2.24) is 4.72 Å². The molecule has 1 atom stereocenters. The molecule has 1 N–H and O–H groups in total. The largest absolute Gasteiger partial charge is 0.497 e.